The minimum absolute atomic E-state index is 0.0195. The Morgan fingerprint density at radius 3 is 2.16 bits per heavy atom. The molecule has 0 aromatic heterocycles. The van der Waals surface area contributed by atoms with Gasteiger partial charge in [-0.05, 0) is 48.0 Å². The number of anilines is 2. The molecule has 3 aromatic carbocycles. The number of carbonyl (C=O) groups excluding carboxylic acids is 2. The van der Waals surface area contributed by atoms with Gasteiger partial charge in [0.1, 0.15) is 5.70 Å². The lowest BCUT2D eigenvalue weighted by Gasteiger charge is -2.15. The van der Waals surface area contributed by atoms with Crippen LogP contribution in [0.25, 0.3) is 5.57 Å². The Hall–Kier alpha value is -4.38. The minimum atomic E-state index is -4.56. The number of alkyl halides is 3. The lowest BCUT2D eigenvalue weighted by atomic mass is 10.0. The van der Waals surface area contributed by atoms with E-state index in [1.165, 1.54) is 36.4 Å². The highest BCUT2D eigenvalue weighted by Gasteiger charge is 2.40. The average Bonchev–Trinajstić information content (AvgIpc) is 3.03. The van der Waals surface area contributed by atoms with E-state index in [0.29, 0.717) is 11.1 Å². The van der Waals surface area contributed by atoms with Crippen LogP contribution in [0.3, 0.4) is 0 Å². The van der Waals surface area contributed by atoms with E-state index in [4.69, 9.17) is 5.26 Å². The molecule has 1 N–H and O–H groups in total. The Balaban J connectivity index is 1.79. The van der Waals surface area contributed by atoms with Crippen LogP contribution < -0.4 is 10.2 Å². The van der Waals surface area contributed by atoms with E-state index in [1.54, 1.807) is 30.3 Å². The van der Waals surface area contributed by atoms with Gasteiger partial charge in [-0.2, -0.15) is 18.4 Å². The molecule has 158 valence electrons. The number of nitrogens with zero attached hydrogens (tertiary/aromatic N) is 2. The molecule has 32 heavy (non-hydrogen) atoms. The van der Waals surface area contributed by atoms with Gasteiger partial charge in [0.15, 0.2) is 0 Å². The third-order valence-electron chi connectivity index (χ3n) is 4.86. The molecule has 4 rings (SSSR count). The zero-order valence-corrected chi connectivity index (χ0v) is 16.4. The fraction of sp³-hybridized carbons (Fsp3) is 0.0417. The van der Waals surface area contributed by atoms with Crippen LogP contribution in [-0.4, -0.2) is 11.8 Å². The number of hydrogen-bond acceptors (Lipinski definition) is 4. The molecule has 1 heterocycles. The number of nitrogens with one attached hydrogen (secondary N) is 1. The molecule has 0 fully saturated rings. The normalized spacial score (nSPS) is 14.0. The summed E-state index contributed by atoms with van der Waals surface area (Å²) in [4.78, 5) is 27.4. The molecule has 3 aromatic rings. The maximum atomic E-state index is 13.3. The van der Waals surface area contributed by atoms with Crippen LogP contribution in [-0.2, 0) is 15.8 Å². The Morgan fingerprint density at radius 1 is 0.844 bits per heavy atom. The number of benzene rings is 3. The van der Waals surface area contributed by atoms with E-state index in [1.807, 2.05) is 6.07 Å². The fourth-order valence-corrected chi connectivity index (χ4v) is 3.36. The summed E-state index contributed by atoms with van der Waals surface area (Å²) < 4.78 is 39.3. The molecule has 1 aliphatic heterocycles. The first kappa shape index (κ1) is 20.9. The van der Waals surface area contributed by atoms with Crippen LogP contribution in [0.2, 0.25) is 0 Å². The first-order chi connectivity index (χ1) is 15.3. The van der Waals surface area contributed by atoms with Crippen molar-refractivity contribution >= 4 is 28.8 Å². The van der Waals surface area contributed by atoms with Gasteiger partial charge in [-0.25, -0.2) is 4.90 Å². The molecule has 0 spiro atoms. The standard InChI is InChI=1S/C24H14F3N3O2/c25-24(26,27)17-7-4-8-18(13-17)29-21-20(16-5-2-1-3-6-16)22(31)30(23(21)32)19-11-9-15(14-28)10-12-19/h1-13,29H. The summed E-state index contributed by atoms with van der Waals surface area (Å²) >= 11 is 0. The topological polar surface area (TPSA) is 73.2 Å². The van der Waals surface area contributed by atoms with Gasteiger partial charge in [0.05, 0.1) is 28.5 Å². The first-order valence-corrected chi connectivity index (χ1v) is 9.42. The molecule has 0 saturated heterocycles. The second-order valence-electron chi connectivity index (χ2n) is 6.92. The van der Waals surface area contributed by atoms with Crippen molar-refractivity contribution in [3.63, 3.8) is 0 Å². The van der Waals surface area contributed by atoms with Gasteiger partial charge >= 0.3 is 6.18 Å². The number of halogens is 3. The maximum absolute atomic E-state index is 13.3. The second-order valence-corrected chi connectivity index (χ2v) is 6.92. The van der Waals surface area contributed by atoms with Gasteiger partial charge in [-0.15, -0.1) is 0 Å². The highest BCUT2D eigenvalue weighted by molar-refractivity contribution is 6.46. The van der Waals surface area contributed by atoms with Crippen molar-refractivity contribution in [2.75, 3.05) is 10.2 Å². The lowest BCUT2D eigenvalue weighted by Crippen LogP contribution is -2.32. The number of hydrogen-bond donors (Lipinski definition) is 1. The Kier molecular flexibility index (Phi) is 5.24. The third kappa shape index (κ3) is 3.84. The van der Waals surface area contributed by atoms with Crippen LogP contribution in [0.15, 0.2) is 84.6 Å². The van der Waals surface area contributed by atoms with E-state index in [-0.39, 0.29) is 22.6 Å². The third-order valence-corrected chi connectivity index (χ3v) is 4.86. The number of imide groups is 1. The Morgan fingerprint density at radius 2 is 1.53 bits per heavy atom. The van der Waals surface area contributed by atoms with Crippen molar-refractivity contribution in [3.8, 4) is 6.07 Å². The maximum Gasteiger partial charge on any atom is 0.416 e. The largest absolute Gasteiger partial charge is 0.416 e. The number of rotatable bonds is 4. The molecule has 2 amide bonds. The van der Waals surface area contributed by atoms with Crippen LogP contribution in [0.4, 0.5) is 24.5 Å². The van der Waals surface area contributed by atoms with Gasteiger partial charge in [0.2, 0.25) is 0 Å². The van der Waals surface area contributed by atoms with Crippen molar-refractivity contribution in [1.82, 2.24) is 0 Å². The van der Waals surface area contributed by atoms with Crippen molar-refractivity contribution < 1.29 is 22.8 Å². The summed E-state index contributed by atoms with van der Waals surface area (Å²) in [6, 6.07) is 20.6. The number of carbonyl (C=O) groups is 2. The lowest BCUT2D eigenvalue weighted by molar-refractivity contribution is -0.137. The monoisotopic (exact) mass is 433 g/mol. The van der Waals surface area contributed by atoms with Gasteiger partial charge in [0.25, 0.3) is 11.8 Å². The average molecular weight is 433 g/mol. The fourth-order valence-electron chi connectivity index (χ4n) is 3.36. The quantitative estimate of drug-likeness (QED) is 0.590. The highest BCUT2D eigenvalue weighted by Crippen LogP contribution is 2.35. The van der Waals surface area contributed by atoms with Crippen LogP contribution >= 0.6 is 0 Å². The molecule has 0 bridgehead atoms. The van der Waals surface area contributed by atoms with Crippen molar-refractivity contribution in [3.05, 3.63) is 101 Å². The molecular formula is C24H14F3N3O2. The zero-order chi connectivity index (χ0) is 22.9. The van der Waals surface area contributed by atoms with Crippen LogP contribution in [0, 0.1) is 11.3 Å². The molecule has 5 nitrogen and oxygen atoms in total. The Labute approximate surface area is 181 Å². The van der Waals surface area contributed by atoms with Gasteiger partial charge in [-0.1, -0.05) is 36.4 Å². The SMILES string of the molecule is N#Cc1ccc(N2C(=O)C(Nc3cccc(C(F)(F)F)c3)=C(c3ccccc3)C2=O)cc1. The summed E-state index contributed by atoms with van der Waals surface area (Å²) in [5.74, 6) is -1.34. The molecule has 0 radical (unpaired) electrons. The molecule has 0 saturated carbocycles. The molecule has 0 unspecified atom stereocenters. The molecule has 1 aliphatic rings. The Bertz CT molecular complexity index is 1270. The van der Waals surface area contributed by atoms with E-state index >= 15 is 0 Å². The van der Waals surface area contributed by atoms with Crippen molar-refractivity contribution in [1.29, 1.82) is 5.26 Å². The van der Waals surface area contributed by atoms with E-state index < -0.39 is 23.6 Å². The molecule has 0 atom stereocenters. The van der Waals surface area contributed by atoms with E-state index in [2.05, 4.69) is 5.32 Å². The number of amides is 2. The minimum Gasteiger partial charge on any atom is -0.350 e. The summed E-state index contributed by atoms with van der Waals surface area (Å²) in [6.45, 7) is 0. The van der Waals surface area contributed by atoms with Crippen molar-refractivity contribution in [2.45, 2.75) is 6.18 Å². The molecule has 8 heteroatoms. The van der Waals surface area contributed by atoms with E-state index in [9.17, 15) is 22.8 Å². The summed E-state index contributed by atoms with van der Waals surface area (Å²) in [6.07, 6.45) is -4.56. The predicted molar refractivity (Wildman–Crippen MR) is 112 cm³/mol. The van der Waals surface area contributed by atoms with Crippen LogP contribution in [0.5, 0.6) is 0 Å². The number of nitriles is 1. The molecular weight excluding hydrogens is 419 g/mol. The van der Waals surface area contributed by atoms with Crippen LogP contribution in [0.1, 0.15) is 16.7 Å². The van der Waals surface area contributed by atoms with E-state index in [0.717, 1.165) is 17.0 Å². The van der Waals surface area contributed by atoms with Gasteiger partial charge in [-0.3, -0.25) is 9.59 Å². The summed E-state index contributed by atoms with van der Waals surface area (Å²) in [5.41, 5.74) is 0.0783. The summed E-state index contributed by atoms with van der Waals surface area (Å²) in [5, 5.41) is 11.7. The van der Waals surface area contributed by atoms with Gasteiger partial charge < -0.3 is 5.32 Å². The second kappa shape index (κ2) is 8.04. The molecule has 0 aliphatic carbocycles. The van der Waals surface area contributed by atoms with Crippen molar-refractivity contribution in [2.24, 2.45) is 0 Å². The zero-order valence-electron chi connectivity index (χ0n) is 16.4. The summed E-state index contributed by atoms with van der Waals surface area (Å²) in [7, 11) is 0. The highest BCUT2D eigenvalue weighted by atomic mass is 19.4. The first-order valence-electron chi connectivity index (χ1n) is 9.42. The smallest absolute Gasteiger partial charge is 0.350 e. The predicted octanol–water partition coefficient (Wildman–Crippen LogP) is 4.97. The van der Waals surface area contributed by atoms with Gasteiger partial charge in [0, 0.05) is 5.69 Å².